The quantitative estimate of drug-likeness (QED) is 0.404. The van der Waals surface area contributed by atoms with E-state index < -0.39 is 0 Å². The highest BCUT2D eigenvalue weighted by atomic mass is 32.1. The predicted molar refractivity (Wildman–Crippen MR) is 131 cm³/mol. The van der Waals surface area contributed by atoms with Crippen LogP contribution in [-0.2, 0) is 0 Å². The first-order valence-electron chi connectivity index (χ1n) is 10.7. The highest BCUT2D eigenvalue weighted by Crippen LogP contribution is 2.42. The minimum atomic E-state index is -0.0677. The van der Waals surface area contributed by atoms with Crippen LogP contribution < -0.4 is 15.0 Å². The van der Waals surface area contributed by atoms with Gasteiger partial charge in [-0.25, -0.2) is 0 Å². The van der Waals surface area contributed by atoms with E-state index in [0.29, 0.717) is 11.7 Å². The van der Waals surface area contributed by atoms with Crippen molar-refractivity contribution in [1.82, 2.24) is 14.9 Å². The Bertz CT molecular complexity index is 1190. The molecule has 0 spiro atoms. The highest BCUT2D eigenvalue weighted by molar-refractivity contribution is 7.80. The summed E-state index contributed by atoms with van der Waals surface area (Å²) >= 11 is 5.81. The smallest absolute Gasteiger partial charge is 0.174 e. The second-order valence-corrected chi connectivity index (χ2v) is 8.00. The monoisotopic (exact) mass is 440 g/mol. The Labute approximate surface area is 193 Å². The van der Waals surface area contributed by atoms with Crippen molar-refractivity contribution >= 4 is 23.0 Å². The van der Waals surface area contributed by atoms with E-state index in [0.717, 1.165) is 28.4 Å². The summed E-state index contributed by atoms with van der Waals surface area (Å²) in [5.41, 5.74) is 4.25. The lowest BCUT2D eigenvalue weighted by Gasteiger charge is -2.27. The van der Waals surface area contributed by atoms with Gasteiger partial charge < -0.3 is 19.5 Å². The molecule has 1 aliphatic rings. The van der Waals surface area contributed by atoms with Gasteiger partial charge in [-0.3, -0.25) is 4.98 Å². The van der Waals surface area contributed by atoms with Crippen molar-refractivity contribution in [1.29, 1.82) is 0 Å². The molecular formula is C26H24N4OS. The van der Waals surface area contributed by atoms with Crippen molar-refractivity contribution < 1.29 is 4.74 Å². The Balaban J connectivity index is 1.56. The fourth-order valence-corrected chi connectivity index (χ4v) is 4.54. The van der Waals surface area contributed by atoms with E-state index in [2.05, 4.69) is 62.5 Å². The molecule has 6 heteroatoms. The summed E-state index contributed by atoms with van der Waals surface area (Å²) < 4.78 is 7.77. The first kappa shape index (κ1) is 20.3. The van der Waals surface area contributed by atoms with Crippen LogP contribution in [0.5, 0.6) is 5.75 Å². The van der Waals surface area contributed by atoms with Crippen LogP contribution in [0.15, 0.2) is 97.5 Å². The van der Waals surface area contributed by atoms with Gasteiger partial charge in [-0.1, -0.05) is 24.3 Å². The van der Waals surface area contributed by atoms with Gasteiger partial charge >= 0.3 is 0 Å². The molecule has 160 valence electrons. The van der Waals surface area contributed by atoms with Crippen LogP contribution in [0.3, 0.4) is 0 Å². The summed E-state index contributed by atoms with van der Waals surface area (Å²) in [6, 6.07) is 26.4. The molecule has 2 atom stereocenters. The third kappa shape index (κ3) is 3.85. The topological polar surface area (TPSA) is 42.3 Å². The summed E-state index contributed by atoms with van der Waals surface area (Å²) in [5, 5.41) is 4.19. The maximum atomic E-state index is 5.81. The molecule has 0 aliphatic carbocycles. The molecule has 1 fully saturated rings. The van der Waals surface area contributed by atoms with Crippen molar-refractivity contribution in [3.63, 3.8) is 0 Å². The van der Waals surface area contributed by atoms with E-state index in [1.54, 1.807) is 0 Å². The number of thiocarbonyl (C=S) groups is 1. The number of benzene rings is 2. The molecule has 5 rings (SSSR count). The van der Waals surface area contributed by atoms with Gasteiger partial charge in [-0.2, -0.15) is 0 Å². The number of ether oxygens (including phenoxy) is 1. The van der Waals surface area contributed by atoms with E-state index in [1.165, 1.54) is 0 Å². The zero-order valence-corrected chi connectivity index (χ0v) is 18.6. The Hall–Kier alpha value is -3.64. The predicted octanol–water partition coefficient (Wildman–Crippen LogP) is 5.45. The minimum Gasteiger partial charge on any atom is -0.494 e. The number of hydrogen-bond acceptors (Lipinski definition) is 3. The van der Waals surface area contributed by atoms with Crippen LogP contribution in [0, 0.1) is 0 Å². The molecule has 0 amide bonds. The highest BCUT2D eigenvalue weighted by Gasteiger charge is 2.41. The van der Waals surface area contributed by atoms with Crippen molar-refractivity contribution in [3.05, 3.63) is 109 Å². The number of aromatic nitrogens is 2. The van der Waals surface area contributed by atoms with Gasteiger partial charge in [0.05, 0.1) is 24.4 Å². The number of rotatable bonds is 6. The number of nitrogens with one attached hydrogen (secondary N) is 1. The van der Waals surface area contributed by atoms with E-state index in [4.69, 9.17) is 17.0 Å². The number of anilines is 1. The van der Waals surface area contributed by atoms with Crippen LogP contribution in [-0.4, -0.2) is 21.3 Å². The molecule has 32 heavy (non-hydrogen) atoms. The number of hydrogen-bond donors (Lipinski definition) is 1. The molecule has 4 aromatic rings. The summed E-state index contributed by atoms with van der Waals surface area (Å²) in [6.07, 6.45) is 6.09. The molecule has 0 bridgehead atoms. The second kappa shape index (κ2) is 8.85. The molecule has 0 unspecified atom stereocenters. The van der Waals surface area contributed by atoms with Crippen molar-refractivity contribution in [2.75, 3.05) is 11.5 Å². The van der Waals surface area contributed by atoms with E-state index >= 15 is 0 Å². The number of nitrogens with zero attached hydrogens (tertiary/aromatic N) is 3. The number of para-hydroxylation sites is 1. The molecule has 1 N–H and O–H groups in total. The average Bonchev–Trinajstić information content (AvgIpc) is 3.46. The van der Waals surface area contributed by atoms with Crippen molar-refractivity contribution in [3.8, 4) is 11.4 Å². The van der Waals surface area contributed by atoms with E-state index in [1.807, 2.05) is 61.7 Å². The summed E-state index contributed by atoms with van der Waals surface area (Å²) in [7, 11) is 0. The number of pyridine rings is 1. The lowest BCUT2D eigenvalue weighted by atomic mass is 9.98. The van der Waals surface area contributed by atoms with Crippen LogP contribution in [0.2, 0.25) is 0 Å². The fraction of sp³-hybridized carbons (Fsp3) is 0.154. The maximum Gasteiger partial charge on any atom is 0.174 e. The van der Waals surface area contributed by atoms with Gasteiger partial charge in [0.25, 0.3) is 0 Å². The third-order valence-corrected chi connectivity index (χ3v) is 5.95. The SMILES string of the molecule is CCOc1ccc(N2C(=S)N[C@@H](c3ccccn3)[C@H]2c2ccn(-c3ccccc3)c2)cc1. The first-order valence-corrected chi connectivity index (χ1v) is 11.1. The van der Waals surface area contributed by atoms with Crippen molar-refractivity contribution in [2.24, 2.45) is 0 Å². The standard InChI is InChI=1S/C26H24N4OS/c1-2-31-22-13-11-21(12-14-22)30-25(24(28-26(30)32)23-10-6-7-16-27-23)19-15-17-29(18-19)20-8-4-3-5-9-20/h3-18,24-25H,2H2,1H3,(H,28,32)/t24-,25+/m0/s1. The van der Waals surface area contributed by atoms with Crippen LogP contribution >= 0.6 is 12.2 Å². The van der Waals surface area contributed by atoms with Gasteiger partial charge in [-0.15, -0.1) is 0 Å². The Kier molecular flexibility index (Phi) is 5.60. The largest absolute Gasteiger partial charge is 0.494 e. The molecule has 2 aromatic carbocycles. The fourth-order valence-electron chi connectivity index (χ4n) is 4.19. The Morgan fingerprint density at radius 2 is 1.72 bits per heavy atom. The van der Waals surface area contributed by atoms with E-state index in [-0.39, 0.29) is 12.1 Å². The maximum absolute atomic E-state index is 5.81. The van der Waals surface area contributed by atoms with Crippen LogP contribution in [0.4, 0.5) is 5.69 Å². The summed E-state index contributed by atoms with van der Waals surface area (Å²) in [4.78, 5) is 6.80. The lowest BCUT2D eigenvalue weighted by molar-refractivity contribution is 0.340. The minimum absolute atomic E-state index is 0.0414. The Morgan fingerprint density at radius 1 is 0.938 bits per heavy atom. The van der Waals surface area contributed by atoms with Gasteiger partial charge in [-0.05, 0) is 79.3 Å². The first-order chi connectivity index (χ1) is 15.7. The zero-order chi connectivity index (χ0) is 21.9. The zero-order valence-electron chi connectivity index (χ0n) is 17.8. The van der Waals surface area contributed by atoms with Gasteiger partial charge in [0, 0.05) is 30.0 Å². The molecule has 1 aliphatic heterocycles. The van der Waals surface area contributed by atoms with Crippen LogP contribution in [0.1, 0.15) is 30.3 Å². The lowest BCUT2D eigenvalue weighted by Crippen LogP contribution is -2.29. The van der Waals surface area contributed by atoms with Crippen LogP contribution in [0.25, 0.3) is 5.69 Å². The molecular weight excluding hydrogens is 416 g/mol. The third-order valence-electron chi connectivity index (χ3n) is 5.64. The molecule has 2 aromatic heterocycles. The summed E-state index contributed by atoms with van der Waals surface area (Å²) in [5.74, 6) is 0.849. The van der Waals surface area contributed by atoms with Crippen molar-refractivity contribution in [2.45, 2.75) is 19.0 Å². The average molecular weight is 441 g/mol. The molecule has 3 heterocycles. The molecule has 0 saturated carbocycles. The molecule has 0 radical (unpaired) electrons. The summed E-state index contributed by atoms with van der Waals surface area (Å²) in [6.45, 7) is 2.62. The second-order valence-electron chi connectivity index (χ2n) is 7.61. The van der Waals surface area contributed by atoms with Gasteiger partial charge in [0.2, 0.25) is 0 Å². The molecule has 1 saturated heterocycles. The van der Waals surface area contributed by atoms with E-state index in [9.17, 15) is 0 Å². The molecule has 5 nitrogen and oxygen atoms in total. The van der Waals surface area contributed by atoms with Gasteiger partial charge in [0.15, 0.2) is 5.11 Å². The normalized spacial score (nSPS) is 17.9. The Morgan fingerprint density at radius 3 is 2.44 bits per heavy atom. The van der Waals surface area contributed by atoms with Gasteiger partial charge in [0.1, 0.15) is 5.75 Å².